The van der Waals surface area contributed by atoms with E-state index in [4.69, 9.17) is 21.7 Å². The fourth-order valence-electron chi connectivity index (χ4n) is 4.55. The van der Waals surface area contributed by atoms with E-state index in [0.717, 1.165) is 15.0 Å². The molecule has 0 aliphatic carbocycles. The number of nitrogens with two attached hydrogens (primary N) is 2. The minimum Gasteiger partial charge on any atom is -0.0622 e. The van der Waals surface area contributed by atoms with E-state index in [2.05, 4.69) is 69.0 Å². The van der Waals surface area contributed by atoms with Gasteiger partial charge in [0.05, 0.1) is 38.6 Å². The molecule has 4 atom stereocenters. The van der Waals surface area contributed by atoms with Gasteiger partial charge in [0.15, 0.2) is 0 Å². The molecule has 2 rings (SSSR count). The zero-order chi connectivity index (χ0) is 47.0. The summed E-state index contributed by atoms with van der Waals surface area (Å²) in [6, 6.07) is 13.7. The van der Waals surface area contributed by atoms with Gasteiger partial charge in [-0.15, -0.1) is 0 Å². The predicted molar refractivity (Wildman–Crippen MR) is 228 cm³/mol. The Morgan fingerprint density at radius 2 is 1.06 bits per heavy atom. The predicted octanol–water partition coefficient (Wildman–Crippen LogP) is -2.12. The van der Waals surface area contributed by atoms with Crippen molar-refractivity contribution in [1.29, 1.82) is 0 Å². The first-order chi connectivity index (χ1) is 29.3. The van der Waals surface area contributed by atoms with Crippen LogP contribution in [0.4, 0.5) is 0 Å². The Labute approximate surface area is 366 Å². The van der Waals surface area contributed by atoms with Gasteiger partial charge in [0.2, 0.25) is 47.3 Å². The van der Waals surface area contributed by atoms with Crippen LogP contribution in [0.25, 0.3) is 0 Å². The molecule has 0 saturated carbocycles. The molecule has 22 heteroatoms. The number of carboxylic acid groups (broad SMARTS) is 2. The molecule has 0 radical (unpaired) electrons. The van der Waals surface area contributed by atoms with Crippen LogP contribution in [-0.2, 0) is 54.4 Å². The number of carboxylic acids is 2. The Morgan fingerprint density at radius 1 is 0.613 bits per heavy atom. The Bertz CT molecular complexity index is 1770. The van der Waals surface area contributed by atoms with Gasteiger partial charge in [0.1, 0.15) is 18.1 Å². The average Bonchev–Trinajstić information content (AvgIpc) is 3.24. The summed E-state index contributed by atoms with van der Waals surface area (Å²) in [5.41, 5.74) is 12.7. The maximum absolute atomic E-state index is 12.9. The summed E-state index contributed by atoms with van der Waals surface area (Å²) >= 11 is 0.917. The van der Waals surface area contributed by atoms with Crippen LogP contribution in [0, 0.1) is 6.92 Å². The number of amides is 8. The van der Waals surface area contributed by atoms with Gasteiger partial charge in [-0.1, -0.05) is 73.2 Å². The topological polar surface area (TPSA) is 347 Å². The number of primary amides is 1. The van der Waals surface area contributed by atoms with Crippen LogP contribution in [0.3, 0.4) is 0 Å². The van der Waals surface area contributed by atoms with Gasteiger partial charge in [0.25, 0.3) is 0 Å². The van der Waals surface area contributed by atoms with Crippen molar-refractivity contribution in [2.75, 3.05) is 26.2 Å². The molecule has 8 amide bonds. The molecule has 0 bridgehead atoms. The van der Waals surface area contributed by atoms with Crippen LogP contribution < -0.4 is 48.7 Å². The van der Waals surface area contributed by atoms with Crippen LogP contribution in [0.15, 0.2) is 60.7 Å². The summed E-state index contributed by atoms with van der Waals surface area (Å²) in [7, 11) is 0. The van der Waals surface area contributed by atoms with Crippen LogP contribution in [-0.4, -0.2) is 135 Å². The van der Waals surface area contributed by atoms with Crippen LogP contribution >= 0.6 is 0 Å². The minimum atomic E-state index is -1.52. The summed E-state index contributed by atoms with van der Waals surface area (Å²) in [6.45, 7) is 3.35. The minimum absolute atomic E-state index is 0.0368. The van der Waals surface area contributed by atoms with Gasteiger partial charge in [-0.25, -0.2) is 0 Å². The first-order valence-corrected chi connectivity index (χ1v) is 22.3. The van der Waals surface area contributed by atoms with E-state index < -0.39 is 122 Å². The molecule has 62 heavy (non-hydrogen) atoms. The average molecular weight is 937 g/mol. The van der Waals surface area contributed by atoms with E-state index in [1.807, 2.05) is 18.2 Å². The van der Waals surface area contributed by atoms with E-state index in [9.17, 15) is 47.9 Å². The Balaban J connectivity index is 0.00000294. The molecule has 13 N–H and O–H groups in total. The van der Waals surface area contributed by atoms with Crippen molar-refractivity contribution in [1.82, 2.24) is 37.2 Å². The first kappa shape index (κ1) is 55.6. The molecular weight excluding hydrogens is 877 g/mol. The number of rotatable bonds is 24. The molecule has 0 heterocycles. The second-order valence-corrected chi connectivity index (χ2v) is 15.6. The summed E-state index contributed by atoms with van der Waals surface area (Å²) in [6.07, 6.45) is -1.28. The number of aryl methyl sites for hydroxylation is 1. The molecule has 0 aromatic heterocycles. The smallest absolute Gasteiger partial charge is 0.0398 e. The molecule has 2 aromatic carbocycles. The van der Waals surface area contributed by atoms with Crippen molar-refractivity contribution < 1.29 is 58.2 Å². The summed E-state index contributed by atoms with van der Waals surface area (Å²) < 4.78 is 0. The SMILES string of the molecule is CCC(N)C(=O)NC(CCC(=O)O)C(=O)NCC(=O)NCC(=O)NCC(=O)NC(Cc1ccccc1)C(=O)NCC(=O)NC(CC(=O)O)C(N)=O.CC[Se]C.Cc1ccccc1. The zero-order valence-electron chi connectivity index (χ0n) is 35.2. The maximum Gasteiger partial charge on any atom is -0.0398 e. The van der Waals surface area contributed by atoms with Crippen molar-refractivity contribution in [2.45, 2.75) is 88.2 Å². The van der Waals surface area contributed by atoms with Crippen molar-refractivity contribution in [3.05, 3.63) is 71.8 Å². The van der Waals surface area contributed by atoms with E-state index in [0.29, 0.717) is 5.56 Å². The van der Waals surface area contributed by atoms with Gasteiger partial charge in [-0.3, -0.25) is 47.9 Å². The summed E-state index contributed by atoms with van der Waals surface area (Å²) in [5.74, 6) is -7.23. The fraction of sp³-hybridized carbons (Fsp3) is 0.450. The van der Waals surface area contributed by atoms with Crippen LogP contribution in [0.1, 0.15) is 50.7 Å². The molecule has 0 saturated heterocycles. The monoisotopic (exact) mass is 937 g/mol. The summed E-state index contributed by atoms with van der Waals surface area (Å²) in [5, 5.41) is 35.0. The Morgan fingerprint density at radius 3 is 1.50 bits per heavy atom. The second-order valence-electron chi connectivity index (χ2n) is 13.2. The van der Waals surface area contributed by atoms with Gasteiger partial charge in [-0.2, -0.15) is 0 Å². The molecule has 342 valence electrons. The van der Waals surface area contributed by atoms with Crippen LogP contribution in [0.2, 0.25) is 11.1 Å². The quantitative estimate of drug-likeness (QED) is 0.0503. The fourth-order valence-corrected chi connectivity index (χ4v) is 4.55. The first-order valence-electron chi connectivity index (χ1n) is 19.3. The van der Waals surface area contributed by atoms with E-state index in [-0.39, 0.29) is 19.3 Å². The third-order valence-electron chi connectivity index (χ3n) is 8.02. The standard InChI is InChI=1S/C30H43N9O12.C7H8.C3H8Se/c1-2-17(31)28(49)39-18(8-9-25(44)45)29(50)35-13-22(41)33-12-21(40)34-14-23(42)38-20(10-16-6-4-3-5-7-16)30(51)36-15-24(43)37-19(27(32)48)11-26(46)47;1-7-5-3-2-4-6-7;1-3-4-2/h3-7,17-20H,2,8-15,31H2,1H3,(H2,32,48)(H,33,41)(H,34,40)(H,35,50)(H,36,51)(H,37,43)(H,38,42)(H,39,49)(H,44,45)(H,46,47);2-6H,1H3;3H2,1-2H3. The van der Waals surface area contributed by atoms with E-state index in [1.165, 1.54) is 10.9 Å². The normalized spacial score (nSPS) is 12.0. The molecule has 4 unspecified atom stereocenters. The van der Waals surface area contributed by atoms with Crippen molar-refractivity contribution >= 4 is 74.2 Å². The van der Waals surface area contributed by atoms with E-state index >= 15 is 0 Å². The number of carbonyl (C=O) groups is 10. The zero-order valence-corrected chi connectivity index (χ0v) is 36.9. The number of hydrogen-bond donors (Lipinski definition) is 11. The Hall–Kier alpha value is -6.38. The molecule has 0 aliphatic rings. The molecule has 21 nitrogen and oxygen atoms in total. The van der Waals surface area contributed by atoms with Crippen molar-refractivity contribution in [2.24, 2.45) is 11.5 Å². The third kappa shape index (κ3) is 27.4. The number of aliphatic carboxylic acids is 2. The molecular formula is C40H59N9O12Se. The molecule has 0 fully saturated rings. The summed E-state index contributed by atoms with van der Waals surface area (Å²) in [4.78, 5) is 120. The molecule has 2 aromatic rings. The largest absolute Gasteiger partial charge is 0.0622 e. The van der Waals surface area contributed by atoms with E-state index in [1.54, 1.807) is 37.3 Å². The van der Waals surface area contributed by atoms with Crippen LogP contribution in [0.5, 0.6) is 0 Å². The third-order valence-corrected chi connectivity index (χ3v) is 9.23. The molecule has 0 aliphatic heterocycles. The van der Waals surface area contributed by atoms with Crippen molar-refractivity contribution in [3.8, 4) is 0 Å². The van der Waals surface area contributed by atoms with Crippen molar-refractivity contribution in [3.63, 3.8) is 0 Å². The van der Waals surface area contributed by atoms with Gasteiger partial charge < -0.3 is 58.9 Å². The van der Waals surface area contributed by atoms with Gasteiger partial charge in [0, 0.05) is 12.8 Å². The number of hydrogen-bond acceptors (Lipinski definition) is 11. The second kappa shape index (κ2) is 32.4. The van der Waals surface area contributed by atoms with Gasteiger partial charge in [-0.05, 0) is 25.3 Å². The maximum atomic E-state index is 12.9. The van der Waals surface area contributed by atoms with Gasteiger partial charge >= 0.3 is 45.0 Å². The number of benzene rings is 2. The number of nitrogens with one attached hydrogen (secondary N) is 7. The number of carbonyl (C=O) groups excluding carboxylic acids is 8. The Kier molecular flexibility index (Phi) is 29.1. The molecule has 0 spiro atoms.